The van der Waals surface area contributed by atoms with Gasteiger partial charge in [0.25, 0.3) is 5.56 Å². The summed E-state index contributed by atoms with van der Waals surface area (Å²) in [5, 5.41) is 14.3. The maximum atomic E-state index is 12.4. The molecule has 6 nitrogen and oxygen atoms in total. The van der Waals surface area contributed by atoms with Gasteiger partial charge in [0.05, 0.1) is 22.5 Å². The number of rotatable bonds is 5. The highest BCUT2D eigenvalue weighted by Gasteiger charge is 2.15. The van der Waals surface area contributed by atoms with E-state index in [1.165, 1.54) is 4.57 Å². The largest absolute Gasteiger partial charge is 0.318 e. The van der Waals surface area contributed by atoms with E-state index in [4.69, 9.17) is 11.6 Å². The van der Waals surface area contributed by atoms with Crippen molar-refractivity contribution in [3.05, 3.63) is 87.8 Å². The molecule has 154 valence electrons. The van der Waals surface area contributed by atoms with Crippen LogP contribution in [-0.4, -0.2) is 19.3 Å². The van der Waals surface area contributed by atoms with E-state index in [-0.39, 0.29) is 5.56 Å². The summed E-state index contributed by atoms with van der Waals surface area (Å²) in [4.78, 5) is 16.9. The first-order valence-electron chi connectivity index (χ1n) is 9.91. The molecule has 0 atom stereocenters. The number of halogens is 1. The van der Waals surface area contributed by atoms with Crippen molar-refractivity contribution < 1.29 is 0 Å². The summed E-state index contributed by atoms with van der Waals surface area (Å²) in [5.74, 6) is 0. The van der Waals surface area contributed by atoms with Gasteiger partial charge in [0, 0.05) is 54.1 Å². The summed E-state index contributed by atoms with van der Waals surface area (Å²) in [7, 11) is 1.72. The van der Waals surface area contributed by atoms with Gasteiger partial charge in [0.1, 0.15) is 6.07 Å². The SMILES string of the molecule is CCCc1ccc(-c2cc(=O)n(C)cc2-c2cnn(-c3cccc(Cl)c3C#N)c2)cn1. The molecule has 4 rings (SSSR count). The second kappa shape index (κ2) is 8.58. The van der Waals surface area contributed by atoms with E-state index >= 15 is 0 Å². The first-order valence-corrected chi connectivity index (χ1v) is 10.3. The Hall–Kier alpha value is -3.69. The third kappa shape index (κ3) is 4.00. The van der Waals surface area contributed by atoms with Crippen molar-refractivity contribution in [1.82, 2.24) is 19.3 Å². The molecule has 0 N–H and O–H groups in total. The van der Waals surface area contributed by atoms with Crippen LogP contribution >= 0.6 is 11.6 Å². The Bertz CT molecular complexity index is 1350. The molecule has 0 saturated heterocycles. The number of hydrogen-bond acceptors (Lipinski definition) is 4. The average molecular weight is 430 g/mol. The molecule has 0 aliphatic carbocycles. The fourth-order valence-corrected chi connectivity index (χ4v) is 3.71. The van der Waals surface area contributed by atoms with Crippen molar-refractivity contribution in [3.8, 4) is 34.0 Å². The maximum Gasteiger partial charge on any atom is 0.250 e. The van der Waals surface area contributed by atoms with Gasteiger partial charge in [-0.15, -0.1) is 0 Å². The second-order valence-electron chi connectivity index (χ2n) is 7.26. The summed E-state index contributed by atoms with van der Waals surface area (Å²) in [6, 6.07) is 13.0. The monoisotopic (exact) mass is 429 g/mol. The highest BCUT2D eigenvalue weighted by Crippen LogP contribution is 2.31. The zero-order chi connectivity index (χ0) is 22.0. The summed E-state index contributed by atoms with van der Waals surface area (Å²) >= 11 is 6.17. The molecule has 31 heavy (non-hydrogen) atoms. The lowest BCUT2D eigenvalue weighted by Gasteiger charge is -2.11. The number of pyridine rings is 2. The van der Waals surface area contributed by atoms with Crippen molar-refractivity contribution in [2.75, 3.05) is 0 Å². The predicted octanol–water partition coefficient (Wildman–Crippen LogP) is 4.78. The number of aryl methyl sites for hydroxylation is 2. The fourth-order valence-electron chi connectivity index (χ4n) is 3.49. The number of hydrogen-bond donors (Lipinski definition) is 0. The third-order valence-electron chi connectivity index (χ3n) is 5.11. The Balaban J connectivity index is 1.83. The zero-order valence-electron chi connectivity index (χ0n) is 17.2. The van der Waals surface area contributed by atoms with Crippen molar-refractivity contribution in [3.63, 3.8) is 0 Å². The van der Waals surface area contributed by atoms with Crippen LogP contribution in [0.2, 0.25) is 5.02 Å². The van der Waals surface area contributed by atoms with Crippen molar-refractivity contribution in [2.24, 2.45) is 7.05 Å². The van der Waals surface area contributed by atoms with Crippen LogP contribution in [0.5, 0.6) is 0 Å². The van der Waals surface area contributed by atoms with Crippen LogP contribution in [0.1, 0.15) is 24.6 Å². The molecule has 0 unspecified atom stereocenters. The highest BCUT2D eigenvalue weighted by atomic mass is 35.5. The molecule has 4 aromatic rings. The van der Waals surface area contributed by atoms with Crippen LogP contribution in [-0.2, 0) is 13.5 Å². The lowest BCUT2D eigenvalue weighted by Crippen LogP contribution is -2.15. The normalized spacial score (nSPS) is 10.8. The predicted molar refractivity (Wildman–Crippen MR) is 121 cm³/mol. The molecule has 3 heterocycles. The van der Waals surface area contributed by atoms with Crippen LogP contribution in [0, 0.1) is 11.3 Å². The van der Waals surface area contributed by atoms with Crippen LogP contribution in [0.4, 0.5) is 0 Å². The number of nitrogens with zero attached hydrogens (tertiary/aromatic N) is 5. The molecule has 0 spiro atoms. The standard InChI is InChI=1S/C24H20ClN5O/c1-3-5-18-9-8-16(12-27-18)19-10-24(31)29(2)15-21(19)17-13-28-30(14-17)23-7-4-6-22(25)20(23)11-26/h4,6-10,12-15H,3,5H2,1-2H3. The molecule has 0 aliphatic rings. The van der Waals surface area contributed by atoms with Gasteiger partial charge in [-0.1, -0.05) is 37.1 Å². The minimum atomic E-state index is -0.106. The van der Waals surface area contributed by atoms with Gasteiger partial charge in [-0.2, -0.15) is 10.4 Å². The molecule has 0 saturated carbocycles. The highest BCUT2D eigenvalue weighted by molar-refractivity contribution is 6.32. The average Bonchev–Trinajstić information content (AvgIpc) is 3.26. The zero-order valence-corrected chi connectivity index (χ0v) is 18.0. The summed E-state index contributed by atoms with van der Waals surface area (Å²) < 4.78 is 3.16. The van der Waals surface area contributed by atoms with E-state index in [1.807, 2.05) is 18.3 Å². The van der Waals surface area contributed by atoms with Crippen molar-refractivity contribution in [2.45, 2.75) is 19.8 Å². The number of nitriles is 1. The Labute approximate surface area is 185 Å². The minimum absolute atomic E-state index is 0.106. The molecule has 1 aromatic carbocycles. The fraction of sp³-hybridized carbons (Fsp3) is 0.167. The Kier molecular flexibility index (Phi) is 5.70. The van der Waals surface area contributed by atoms with Gasteiger partial charge >= 0.3 is 0 Å². The van der Waals surface area contributed by atoms with Crippen molar-refractivity contribution >= 4 is 11.6 Å². The summed E-state index contributed by atoms with van der Waals surface area (Å²) in [6.45, 7) is 2.11. The summed E-state index contributed by atoms with van der Waals surface area (Å²) in [5.41, 5.74) is 5.17. The molecule has 3 aromatic heterocycles. The molecule has 0 amide bonds. The van der Waals surface area contributed by atoms with Gasteiger partial charge in [-0.25, -0.2) is 4.68 Å². The van der Waals surface area contributed by atoms with Gasteiger partial charge in [-0.3, -0.25) is 9.78 Å². The number of aromatic nitrogens is 4. The Morgan fingerprint density at radius 2 is 1.94 bits per heavy atom. The molecule has 0 fully saturated rings. The van der Waals surface area contributed by atoms with Crippen LogP contribution in [0.25, 0.3) is 27.9 Å². The Morgan fingerprint density at radius 3 is 2.65 bits per heavy atom. The maximum absolute atomic E-state index is 12.4. The van der Waals surface area contributed by atoms with E-state index in [9.17, 15) is 10.1 Å². The number of benzene rings is 1. The molecular formula is C24H20ClN5O. The van der Waals surface area contributed by atoms with Crippen LogP contribution < -0.4 is 5.56 Å². The van der Waals surface area contributed by atoms with Gasteiger partial charge in [0.2, 0.25) is 0 Å². The first kappa shape index (κ1) is 20.6. The lowest BCUT2D eigenvalue weighted by atomic mass is 9.99. The molecule has 0 aliphatic heterocycles. The van der Waals surface area contributed by atoms with E-state index in [0.29, 0.717) is 16.3 Å². The smallest absolute Gasteiger partial charge is 0.250 e. The van der Waals surface area contributed by atoms with Gasteiger partial charge < -0.3 is 4.57 Å². The van der Waals surface area contributed by atoms with Crippen molar-refractivity contribution in [1.29, 1.82) is 5.26 Å². The van der Waals surface area contributed by atoms with E-state index in [2.05, 4.69) is 23.1 Å². The Morgan fingerprint density at radius 1 is 1.10 bits per heavy atom. The summed E-state index contributed by atoms with van der Waals surface area (Å²) in [6.07, 6.45) is 9.08. The van der Waals surface area contributed by atoms with E-state index in [1.54, 1.807) is 54.6 Å². The molecule has 0 bridgehead atoms. The lowest BCUT2D eigenvalue weighted by molar-refractivity contribution is 0.862. The first-order chi connectivity index (χ1) is 15.0. The topological polar surface area (TPSA) is 76.5 Å². The molecule has 0 radical (unpaired) electrons. The van der Waals surface area contributed by atoms with Gasteiger partial charge in [-0.05, 0) is 30.2 Å². The van der Waals surface area contributed by atoms with Crippen LogP contribution in [0.3, 0.4) is 0 Å². The third-order valence-corrected chi connectivity index (χ3v) is 5.43. The van der Waals surface area contributed by atoms with E-state index < -0.39 is 0 Å². The van der Waals surface area contributed by atoms with E-state index in [0.717, 1.165) is 40.8 Å². The second-order valence-corrected chi connectivity index (χ2v) is 7.66. The van der Waals surface area contributed by atoms with Gasteiger partial charge in [0.15, 0.2) is 0 Å². The minimum Gasteiger partial charge on any atom is -0.318 e. The molecular weight excluding hydrogens is 410 g/mol. The molecule has 7 heteroatoms. The quantitative estimate of drug-likeness (QED) is 0.457. The van der Waals surface area contributed by atoms with Crippen LogP contribution in [0.15, 0.2) is 66.0 Å².